The molecule has 8 nitrogen and oxygen atoms in total. The molecule has 0 aliphatic rings. The molecular formula is C27H26N4O4. The Morgan fingerprint density at radius 3 is 2.57 bits per heavy atom. The molecule has 0 saturated heterocycles. The van der Waals surface area contributed by atoms with Gasteiger partial charge in [0.2, 0.25) is 0 Å². The highest BCUT2D eigenvalue weighted by molar-refractivity contribution is 5.94. The Bertz CT molecular complexity index is 1310. The minimum atomic E-state index is -0.429. The van der Waals surface area contributed by atoms with Crippen LogP contribution < -0.4 is 14.9 Å². The molecule has 3 aromatic carbocycles. The van der Waals surface area contributed by atoms with E-state index in [9.17, 15) is 9.90 Å². The normalized spacial score (nSPS) is 10.9. The molecule has 4 aromatic rings. The van der Waals surface area contributed by atoms with Crippen molar-refractivity contribution < 1.29 is 19.4 Å². The Labute approximate surface area is 203 Å². The van der Waals surface area contributed by atoms with Gasteiger partial charge in [0.1, 0.15) is 18.1 Å². The maximum atomic E-state index is 12.4. The van der Waals surface area contributed by atoms with Crippen LogP contribution >= 0.6 is 0 Å². The lowest BCUT2D eigenvalue weighted by Crippen LogP contribution is -2.18. The van der Waals surface area contributed by atoms with Crippen molar-refractivity contribution in [3.8, 4) is 28.5 Å². The monoisotopic (exact) mass is 470 g/mol. The third-order valence-electron chi connectivity index (χ3n) is 5.16. The van der Waals surface area contributed by atoms with Crippen molar-refractivity contribution in [3.63, 3.8) is 0 Å². The van der Waals surface area contributed by atoms with Crippen molar-refractivity contribution >= 4 is 12.1 Å². The number of aromatic hydroxyl groups is 1. The molecule has 0 aliphatic carbocycles. The summed E-state index contributed by atoms with van der Waals surface area (Å²) < 4.78 is 11.2. The fourth-order valence-electron chi connectivity index (χ4n) is 3.27. The van der Waals surface area contributed by atoms with Gasteiger partial charge in [-0.2, -0.15) is 10.2 Å². The Hall–Kier alpha value is -4.59. The average molecular weight is 471 g/mol. The van der Waals surface area contributed by atoms with Crippen LogP contribution in [0.3, 0.4) is 0 Å². The van der Waals surface area contributed by atoms with Gasteiger partial charge in [0.15, 0.2) is 11.5 Å². The molecular weight excluding hydrogens is 444 g/mol. The van der Waals surface area contributed by atoms with E-state index in [2.05, 4.69) is 39.8 Å². The molecule has 1 amide bonds. The van der Waals surface area contributed by atoms with E-state index in [-0.39, 0.29) is 11.4 Å². The first kappa shape index (κ1) is 23.6. The highest BCUT2D eigenvalue weighted by atomic mass is 16.5. The first-order chi connectivity index (χ1) is 17.0. The molecule has 0 spiro atoms. The second-order valence-electron chi connectivity index (χ2n) is 7.82. The summed E-state index contributed by atoms with van der Waals surface area (Å²) in [4.78, 5) is 12.4. The first-order valence-electron chi connectivity index (χ1n) is 11.1. The smallest absolute Gasteiger partial charge is 0.289 e. The number of aromatic amines is 1. The second-order valence-corrected chi connectivity index (χ2v) is 7.82. The van der Waals surface area contributed by atoms with Crippen LogP contribution in [-0.2, 0) is 6.61 Å². The number of nitrogens with one attached hydrogen (secondary N) is 2. The highest BCUT2D eigenvalue weighted by Gasteiger charge is 2.11. The Balaban J connectivity index is 1.33. The van der Waals surface area contributed by atoms with Crippen LogP contribution in [0.15, 0.2) is 77.9 Å². The summed E-state index contributed by atoms with van der Waals surface area (Å²) in [6.07, 6.45) is 1.46. The molecule has 178 valence electrons. The molecule has 4 rings (SSSR count). The topological polar surface area (TPSA) is 109 Å². The zero-order valence-corrected chi connectivity index (χ0v) is 19.5. The van der Waals surface area contributed by atoms with Gasteiger partial charge in [-0.3, -0.25) is 9.89 Å². The third-order valence-corrected chi connectivity index (χ3v) is 5.16. The van der Waals surface area contributed by atoms with Gasteiger partial charge < -0.3 is 14.6 Å². The predicted molar refractivity (Wildman–Crippen MR) is 134 cm³/mol. The zero-order chi connectivity index (χ0) is 24.6. The van der Waals surface area contributed by atoms with E-state index in [1.807, 2.05) is 43.3 Å². The summed E-state index contributed by atoms with van der Waals surface area (Å²) in [5.74, 6) is 0.720. The van der Waals surface area contributed by atoms with Crippen LogP contribution in [-0.4, -0.2) is 34.0 Å². The molecule has 8 heteroatoms. The summed E-state index contributed by atoms with van der Waals surface area (Å²) in [5.41, 5.74) is 7.19. The van der Waals surface area contributed by atoms with Crippen LogP contribution in [0.5, 0.6) is 17.2 Å². The van der Waals surface area contributed by atoms with E-state index < -0.39 is 5.91 Å². The zero-order valence-electron chi connectivity index (χ0n) is 19.5. The van der Waals surface area contributed by atoms with Gasteiger partial charge in [0.05, 0.1) is 18.5 Å². The summed E-state index contributed by atoms with van der Waals surface area (Å²) in [5, 5.41) is 20.7. The van der Waals surface area contributed by atoms with Crippen molar-refractivity contribution in [3.05, 3.63) is 95.2 Å². The molecule has 1 heterocycles. The summed E-state index contributed by atoms with van der Waals surface area (Å²) in [7, 11) is 0. The van der Waals surface area contributed by atoms with Crippen LogP contribution in [0.1, 0.15) is 34.1 Å². The van der Waals surface area contributed by atoms with Gasteiger partial charge >= 0.3 is 0 Å². The molecule has 3 N–H and O–H groups in total. The molecule has 0 aliphatic heterocycles. The van der Waals surface area contributed by atoms with Crippen LogP contribution in [0.4, 0.5) is 0 Å². The molecule has 0 bridgehead atoms. The maximum Gasteiger partial charge on any atom is 0.289 e. The number of aryl methyl sites for hydroxylation is 1. The number of hydrazone groups is 1. The highest BCUT2D eigenvalue weighted by Crippen LogP contribution is 2.26. The Kier molecular flexibility index (Phi) is 7.42. The van der Waals surface area contributed by atoms with Crippen LogP contribution in [0.25, 0.3) is 11.3 Å². The number of amides is 1. The van der Waals surface area contributed by atoms with Crippen LogP contribution in [0, 0.1) is 6.92 Å². The molecule has 0 fully saturated rings. The van der Waals surface area contributed by atoms with Gasteiger partial charge in [-0.1, -0.05) is 29.8 Å². The largest absolute Gasteiger partial charge is 0.504 e. The van der Waals surface area contributed by atoms with Gasteiger partial charge in [-0.15, -0.1) is 0 Å². The fraction of sp³-hybridized carbons (Fsp3) is 0.148. The van der Waals surface area contributed by atoms with E-state index in [0.29, 0.717) is 30.2 Å². The van der Waals surface area contributed by atoms with E-state index in [1.165, 1.54) is 17.8 Å². The van der Waals surface area contributed by atoms with Gasteiger partial charge in [-0.05, 0) is 73.5 Å². The number of carbonyl (C=O) groups excluding carboxylic acids is 1. The molecule has 1 aromatic heterocycles. The first-order valence-corrected chi connectivity index (χ1v) is 11.1. The maximum absolute atomic E-state index is 12.4. The number of nitrogens with zero attached hydrogens (tertiary/aromatic N) is 2. The predicted octanol–water partition coefficient (Wildman–Crippen LogP) is 4.83. The third kappa shape index (κ3) is 6.26. The van der Waals surface area contributed by atoms with Crippen LogP contribution in [0.2, 0.25) is 0 Å². The second kappa shape index (κ2) is 11.0. The summed E-state index contributed by atoms with van der Waals surface area (Å²) >= 11 is 0. The van der Waals surface area contributed by atoms with Crippen molar-refractivity contribution in [2.24, 2.45) is 5.10 Å². The molecule has 0 atom stereocenters. The number of phenols is 1. The molecule has 0 unspecified atom stereocenters. The number of hydrogen-bond acceptors (Lipinski definition) is 6. The van der Waals surface area contributed by atoms with Crippen molar-refractivity contribution in [1.29, 1.82) is 0 Å². The lowest BCUT2D eigenvalue weighted by Gasteiger charge is -2.07. The number of phenolic OH excluding ortho intramolecular Hbond substituents is 1. The number of carbonyl (C=O) groups is 1. The lowest BCUT2D eigenvalue weighted by atomic mass is 10.1. The van der Waals surface area contributed by atoms with Crippen molar-refractivity contribution in [1.82, 2.24) is 15.6 Å². The number of ether oxygens (including phenoxy) is 2. The summed E-state index contributed by atoms with van der Waals surface area (Å²) in [6, 6.07) is 22.2. The van der Waals surface area contributed by atoms with E-state index in [4.69, 9.17) is 9.47 Å². The minimum Gasteiger partial charge on any atom is -0.504 e. The summed E-state index contributed by atoms with van der Waals surface area (Å²) in [6.45, 7) is 4.80. The van der Waals surface area contributed by atoms with Gasteiger partial charge in [0, 0.05) is 5.56 Å². The van der Waals surface area contributed by atoms with Gasteiger partial charge in [-0.25, -0.2) is 5.43 Å². The average Bonchev–Trinajstić information content (AvgIpc) is 3.37. The van der Waals surface area contributed by atoms with E-state index in [1.54, 1.807) is 18.2 Å². The fourth-order valence-corrected chi connectivity index (χ4v) is 3.27. The number of rotatable bonds is 9. The Morgan fingerprint density at radius 1 is 1.06 bits per heavy atom. The van der Waals surface area contributed by atoms with Crippen molar-refractivity contribution in [2.75, 3.05) is 6.61 Å². The molecule has 35 heavy (non-hydrogen) atoms. The Morgan fingerprint density at radius 2 is 1.83 bits per heavy atom. The molecule has 0 radical (unpaired) electrons. The number of H-pyrrole nitrogens is 1. The van der Waals surface area contributed by atoms with E-state index >= 15 is 0 Å². The van der Waals surface area contributed by atoms with Gasteiger partial charge in [0.25, 0.3) is 5.91 Å². The standard InChI is InChI=1S/C27H26N4O4/c1-3-34-26-14-20(8-13-25(26)32)16-28-31-27(33)24-15-23(29-30-24)21-9-11-22(12-10-21)35-17-19-6-4-18(2)5-7-19/h4-16,32H,3,17H2,1-2H3,(H,29,30)(H,31,33)/b28-16+. The van der Waals surface area contributed by atoms with E-state index in [0.717, 1.165) is 16.9 Å². The molecule has 0 saturated carbocycles. The minimum absolute atomic E-state index is 0.0453. The number of aromatic nitrogens is 2. The lowest BCUT2D eigenvalue weighted by molar-refractivity contribution is 0.0950. The SMILES string of the molecule is CCOc1cc(/C=N/NC(=O)c2cc(-c3ccc(OCc4ccc(C)cc4)cc3)n[nH]2)ccc1O. The number of hydrogen-bond donors (Lipinski definition) is 3. The number of benzene rings is 3. The quantitative estimate of drug-likeness (QED) is 0.240. The van der Waals surface area contributed by atoms with Crippen molar-refractivity contribution in [2.45, 2.75) is 20.5 Å².